The van der Waals surface area contributed by atoms with Gasteiger partial charge in [0.25, 0.3) is 0 Å². The fourth-order valence-corrected chi connectivity index (χ4v) is 7.01. The molecule has 7 heteroatoms. The van der Waals surface area contributed by atoms with E-state index in [-0.39, 0.29) is 27.8 Å². The molecule has 3 aliphatic heterocycles. The van der Waals surface area contributed by atoms with Crippen LogP contribution in [0.5, 0.6) is 0 Å². The molecule has 4 aromatic rings. The highest BCUT2D eigenvalue weighted by Crippen LogP contribution is 2.62. The highest BCUT2D eigenvalue weighted by atomic mass is 35.5. The molecule has 1 amide bonds. The Morgan fingerprint density at radius 2 is 1.55 bits per heavy atom. The molecule has 0 bridgehead atoms. The Morgan fingerprint density at radius 3 is 2.35 bits per heavy atom. The quantitative estimate of drug-likeness (QED) is 0.297. The molecule has 7 rings (SSSR count). The van der Waals surface area contributed by atoms with E-state index < -0.39 is 35.0 Å². The molecule has 1 fully saturated rings. The van der Waals surface area contributed by atoms with Crippen molar-refractivity contribution in [1.82, 2.24) is 4.90 Å². The number of Topliss-reactive ketones (excluding diaryl/α,β-unsaturated/α-hetero) is 2. The van der Waals surface area contributed by atoms with Crippen LogP contribution in [0.3, 0.4) is 0 Å². The number of rotatable bonds is 4. The van der Waals surface area contributed by atoms with Crippen molar-refractivity contribution in [3.8, 4) is 0 Å². The first kappa shape index (κ1) is 24.5. The first-order valence-electron chi connectivity index (χ1n) is 13.0. The molecule has 3 aliphatic rings. The minimum Gasteiger partial charge on any atom is -0.358 e. The van der Waals surface area contributed by atoms with E-state index in [9.17, 15) is 18.8 Å². The van der Waals surface area contributed by atoms with E-state index in [0.29, 0.717) is 11.3 Å². The third-order valence-electron chi connectivity index (χ3n) is 8.39. The fourth-order valence-electron chi connectivity index (χ4n) is 6.78. The molecule has 5 nitrogen and oxygen atoms in total. The molecule has 1 N–H and O–H groups in total. The van der Waals surface area contributed by atoms with Crippen LogP contribution >= 0.6 is 11.6 Å². The van der Waals surface area contributed by atoms with Crippen molar-refractivity contribution >= 4 is 40.8 Å². The van der Waals surface area contributed by atoms with Gasteiger partial charge in [-0.1, -0.05) is 66.2 Å². The summed E-state index contributed by atoms with van der Waals surface area (Å²) in [4.78, 5) is 45.3. The van der Waals surface area contributed by atoms with Gasteiger partial charge in [-0.3, -0.25) is 14.4 Å². The van der Waals surface area contributed by atoms with Crippen LogP contribution in [0.4, 0.5) is 10.1 Å². The van der Waals surface area contributed by atoms with Crippen molar-refractivity contribution in [1.29, 1.82) is 0 Å². The average molecular weight is 549 g/mol. The molecule has 0 aliphatic carbocycles. The van der Waals surface area contributed by atoms with Crippen LogP contribution < -0.4 is 5.32 Å². The van der Waals surface area contributed by atoms with Crippen molar-refractivity contribution in [3.63, 3.8) is 0 Å². The molecule has 1 spiro atoms. The predicted molar refractivity (Wildman–Crippen MR) is 151 cm³/mol. The Bertz CT molecular complexity index is 1750. The summed E-state index contributed by atoms with van der Waals surface area (Å²) in [5, 5.41) is 3.25. The number of halogens is 2. The fraction of sp³-hybridized carbons (Fsp3) is 0.121. The van der Waals surface area contributed by atoms with Gasteiger partial charge in [-0.15, -0.1) is 0 Å². The number of para-hydroxylation sites is 1. The molecular weight excluding hydrogens is 527 g/mol. The average Bonchev–Trinajstić information content (AvgIpc) is 3.45. The minimum absolute atomic E-state index is 0.236. The zero-order valence-corrected chi connectivity index (χ0v) is 21.8. The summed E-state index contributed by atoms with van der Waals surface area (Å²) in [6.45, 7) is 0. The number of nitrogens with zero attached hydrogens (tertiary/aromatic N) is 1. The lowest BCUT2D eigenvalue weighted by molar-refractivity contribution is -0.122. The summed E-state index contributed by atoms with van der Waals surface area (Å²) in [7, 11) is 0. The number of carbonyl (C=O) groups is 3. The first-order chi connectivity index (χ1) is 19.4. The van der Waals surface area contributed by atoms with E-state index in [1.54, 1.807) is 30.5 Å². The van der Waals surface area contributed by atoms with Crippen molar-refractivity contribution in [2.75, 3.05) is 5.32 Å². The van der Waals surface area contributed by atoms with E-state index in [2.05, 4.69) is 5.32 Å². The van der Waals surface area contributed by atoms with Crippen LogP contribution in [0.15, 0.2) is 103 Å². The van der Waals surface area contributed by atoms with Gasteiger partial charge in [0, 0.05) is 23.0 Å². The lowest BCUT2D eigenvalue weighted by Crippen LogP contribution is -2.49. The standard InChI is InChI=1S/C33H22ClFN2O3/c34-25-11-5-3-9-23(25)30(39)27-28(29(38)20-13-15-21(35)16-14-20)37-18-17-19-7-1-2-8-22(19)31(37)33(27)24-10-4-6-12-26(24)36-32(33)40/h1-18,27-28,31H,(H,36,40). The van der Waals surface area contributed by atoms with Crippen LogP contribution in [0.25, 0.3) is 6.08 Å². The van der Waals surface area contributed by atoms with Crippen molar-refractivity contribution in [2.45, 2.75) is 17.5 Å². The van der Waals surface area contributed by atoms with Crippen LogP contribution in [0, 0.1) is 11.7 Å². The van der Waals surface area contributed by atoms with Gasteiger partial charge in [0.2, 0.25) is 5.91 Å². The van der Waals surface area contributed by atoms with Gasteiger partial charge < -0.3 is 10.2 Å². The third-order valence-corrected chi connectivity index (χ3v) is 8.72. The Balaban J connectivity index is 1.55. The molecule has 3 heterocycles. The van der Waals surface area contributed by atoms with E-state index >= 15 is 0 Å². The second kappa shape index (κ2) is 9.00. The molecule has 4 atom stereocenters. The molecular formula is C33H22ClFN2O3. The number of nitrogens with one attached hydrogen (secondary N) is 1. The van der Waals surface area contributed by atoms with E-state index in [1.165, 1.54) is 24.3 Å². The molecule has 0 radical (unpaired) electrons. The molecule has 0 aromatic heterocycles. The SMILES string of the molecule is O=C(c1ccc(F)cc1)C1C(C(=O)c2ccccc2Cl)C2(C(=O)Nc3ccccc32)C2c3ccccc3C=CN12. The summed E-state index contributed by atoms with van der Waals surface area (Å²) in [5.41, 5.74) is 2.03. The molecule has 1 saturated heterocycles. The van der Waals surface area contributed by atoms with Crippen LogP contribution in [-0.2, 0) is 10.2 Å². The number of benzene rings is 4. The number of ketones is 2. The topological polar surface area (TPSA) is 66.5 Å². The van der Waals surface area contributed by atoms with Gasteiger partial charge in [-0.05, 0) is 65.2 Å². The third kappa shape index (κ3) is 3.29. The van der Waals surface area contributed by atoms with Crippen molar-refractivity contribution in [2.24, 2.45) is 5.92 Å². The number of fused-ring (bicyclic) bond motifs is 6. The summed E-state index contributed by atoms with van der Waals surface area (Å²) in [5.74, 6) is -2.76. The monoisotopic (exact) mass is 548 g/mol. The predicted octanol–water partition coefficient (Wildman–Crippen LogP) is 6.46. The summed E-state index contributed by atoms with van der Waals surface area (Å²) in [6, 6.07) is 25.2. The number of amides is 1. The zero-order valence-electron chi connectivity index (χ0n) is 21.1. The van der Waals surface area contributed by atoms with Gasteiger partial charge in [-0.2, -0.15) is 0 Å². The number of hydrogen-bond acceptors (Lipinski definition) is 4. The first-order valence-corrected chi connectivity index (χ1v) is 13.3. The van der Waals surface area contributed by atoms with Crippen molar-refractivity contribution < 1.29 is 18.8 Å². The van der Waals surface area contributed by atoms with Gasteiger partial charge in [0.1, 0.15) is 17.3 Å². The second-order valence-corrected chi connectivity index (χ2v) is 10.7. The largest absolute Gasteiger partial charge is 0.358 e. The smallest absolute Gasteiger partial charge is 0.238 e. The number of hydrogen-bond donors (Lipinski definition) is 1. The summed E-state index contributed by atoms with van der Waals surface area (Å²) < 4.78 is 13.8. The molecule has 4 unspecified atom stereocenters. The van der Waals surface area contributed by atoms with E-state index in [4.69, 9.17) is 11.6 Å². The van der Waals surface area contributed by atoms with Gasteiger partial charge in [0.15, 0.2) is 11.6 Å². The number of anilines is 1. The summed E-state index contributed by atoms with van der Waals surface area (Å²) in [6.07, 6.45) is 3.69. The Morgan fingerprint density at radius 1 is 0.850 bits per heavy atom. The lowest BCUT2D eigenvalue weighted by Gasteiger charge is -2.38. The molecule has 196 valence electrons. The Hall–Kier alpha value is -4.55. The Labute approximate surface area is 234 Å². The molecule has 40 heavy (non-hydrogen) atoms. The van der Waals surface area contributed by atoms with Crippen molar-refractivity contribution in [3.05, 3.63) is 142 Å². The zero-order chi connectivity index (χ0) is 27.6. The highest BCUT2D eigenvalue weighted by Gasteiger charge is 2.70. The van der Waals surface area contributed by atoms with E-state index in [1.807, 2.05) is 59.5 Å². The molecule has 4 aromatic carbocycles. The van der Waals surface area contributed by atoms with Crippen LogP contribution in [-0.4, -0.2) is 28.4 Å². The minimum atomic E-state index is -1.45. The maximum absolute atomic E-state index is 14.7. The summed E-state index contributed by atoms with van der Waals surface area (Å²) >= 11 is 6.55. The maximum Gasteiger partial charge on any atom is 0.238 e. The lowest BCUT2D eigenvalue weighted by atomic mass is 9.62. The Kier molecular flexibility index (Phi) is 5.51. The number of carbonyl (C=O) groups excluding carboxylic acids is 3. The highest BCUT2D eigenvalue weighted by molar-refractivity contribution is 6.34. The van der Waals surface area contributed by atoms with Gasteiger partial charge in [-0.25, -0.2) is 4.39 Å². The maximum atomic E-state index is 14.7. The van der Waals surface area contributed by atoms with Crippen LogP contribution in [0.1, 0.15) is 43.4 Å². The molecule has 0 saturated carbocycles. The van der Waals surface area contributed by atoms with E-state index in [0.717, 1.165) is 11.1 Å². The van der Waals surface area contributed by atoms with Gasteiger partial charge in [0.05, 0.1) is 17.0 Å². The van der Waals surface area contributed by atoms with Crippen LogP contribution in [0.2, 0.25) is 5.02 Å². The second-order valence-electron chi connectivity index (χ2n) is 10.3. The van der Waals surface area contributed by atoms with Gasteiger partial charge >= 0.3 is 0 Å². The normalized spacial score (nSPS) is 23.9.